The minimum absolute atomic E-state index is 0.124. The van der Waals surface area contributed by atoms with E-state index >= 15 is 0 Å². The minimum atomic E-state index is -0.668. The molecule has 9 heteroatoms. The number of aromatic nitrogens is 1. The standard InChI is InChI=1S/C18H12BrF2N3O2S/c1-9(25)22-11-3-5-12(15(21)7-11)16-8-27-18(23-16)24-17(26)13-4-2-10(19)6-14(13)20/h2-8H,1H3,(H,22,25)(H,23,24,26). The average Bonchev–Trinajstić information content (AvgIpc) is 3.02. The van der Waals surface area contributed by atoms with Crippen LogP contribution in [0.1, 0.15) is 17.3 Å². The normalized spacial score (nSPS) is 10.5. The zero-order valence-corrected chi connectivity index (χ0v) is 16.2. The molecule has 2 aromatic carbocycles. The van der Waals surface area contributed by atoms with Crippen molar-refractivity contribution in [2.75, 3.05) is 10.6 Å². The molecule has 0 bridgehead atoms. The summed E-state index contributed by atoms with van der Waals surface area (Å²) in [4.78, 5) is 27.4. The molecule has 1 heterocycles. The molecule has 0 spiro atoms. The Balaban J connectivity index is 1.78. The number of benzene rings is 2. The highest BCUT2D eigenvalue weighted by Gasteiger charge is 2.15. The highest BCUT2D eigenvalue weighted by molar-refractivity contribution is 9.10. The van der Waals surface area contributed by atoms with E-state index in [-0.39, 0.29) is 22.2 Å². The van der Waals surface area contributed by atoms with Crippen LogP contribution in [0.4, 0.5) is 19.6 Å². The first-order valence-corrected chi connectivity index (χ1v) is 9.30. The van der Waals surface area contributed by atoms with E-state index < -0.39 is 17.5 Å². The van der Waals surface area contributed by atoms with Crippen molar-refractivity contribution < 1.29 is 18.4 Å². The number of nitrogens with one attached hydrogen (secondary N) is 2. The highest BCUT2D eigenvalue weighted by Crippen LogP contribution is 2.29. The van der Waals surface area contributed by atoms with E-state index in [0.29, 0.717) is 15.9 Å². The monoisotopic (exact) mass is 451 g/mol. The molecular formula is C18H12BrF2N3O2S. The van der Waals surface area contributed by atoms with Gasteiger partial charge in [0.2, 0.25) is 5.91 Å². The fourth-order valence-corrected chi connectivity index (χ4v) is 3.34. The summed E-state index contributed by atoms with van der Waals surface area (Å²) in [6.07, 6.45) is 0. The van der Waals surface area contributed by atoms with E-state index in [1.54, 1.807) is 17.5 Å². The summed E-state index contributed by atoms with van der Waals surface area (Å²) >= 11 is 4.21. The van der Waals surface area contributed by atoms with Gasteiger partial charge in [-0.15, -0.1) is 11.3 Å². The third kappa shape index (κ3) is 4.55. The molecule has 3 aromatic rings. The number of hydrogen-bond donors (Lipinski definition) is 2. The summed E-state index contributed by atoms with van der Waals surface area (Å²) in [5, 5.41) is 6.77. The summed E-state index contributed by atoms with van der Waals surface area (Å²) in [5.74, 6) is -2.19. The van der Waals surface area contributed by atoms with Gasteiger partial charge in [-0.25, -0.2) is 13.8 Å². The number of anilines is 2. The van der Waals surface area contributed by atoms with Crippen molar-refractivity contribution >= 4 is 49.9 Å². The van der Waals surface area contributed by atoms with Crippen molar-refractivity contribution in [3.05, 3.63) is 63.4 Å². The Labute approximate surface area is 165 Å². The summed E-state index contributed by atoms with van der Waals surface area (Å²) in [7, 11) is 0. The second-order valence-corrected chi connectivity index (χ2v) is 7.27. The van der Waals surface area contributed by atoms with Gasteiger partial charge in [-0.2, -0.15) is 0 Å². The van der Waals surface area contributed by atoms with Gasteiger partial charge in [-0.3, -0.25) is 14.9 Å². The van der Waals surface area contributed by atoms with E-state index in [4.69, 9.17) is 0 Å². The molecule has 2 amide bonds. The summed E-state index contributed by atoms with van der Waals surface area (Å²) < 4.78 is 28.7. The van der Waals surface area contributed by atoms with Crippen molar-refractivity contribution in [2.24, 2.45) is 0 Å². The van der Waals surface area contributed by atoms with Gasteiger partial charge in [-0.05, 0) is 36.4 Å². The van der Waals surface area contributed by atoms with Crippen molar-refractivity contribution in [3.63, 3.8) is 0 Å². The van der Waals surface area contributed by atoms with Crippen LogP contribution in [0.2, 0.25) is 0 Å². The van der Waals surface area contributed by atoms with Gasteiger partial charge >= 0.3 is 0 Å². The highest BCUT2D eigenvalue weighted by atomic mass is 79.9. The fourth-order valence-electron chi connectivity index (χ4n) is 2.30. The Kier molecular flexibility index (Phi) is 5.62. The summed E-state index contributed by atoms with van der Waals surface area (Å²) in [5.41, 5.74) is 0.744. The third-order valence-corrected chi connectivity index (χ3v) is 4.72. The van der Waals surface area contributed by atoms with Crippen LogP contribution in [0.3, 0.4) is 0 Å². The number of rotatable bonds is 4. The Morgan fingerprint density at radius 2 is 1.85 bits per heavy atom. The van der Waals surface area contributed by atoms with Gasteiger partial charge in [0.25, 0.3) is 5.91 Å². The van der Waals surface area contributed by atoms with Crippen molar-refractivity contribution in [1.29, 1.82) is 0 Å². The van der Waals surface area contributed by atoms with Gasteiger partial charge in [0, 0.05) is 28.0 Å². The molecule has 2 N–H and O–H groups in total. The molecule has 0 unspecified atom stereocenters. The lowest BCUT2D eigenvalue weighted by Gasteiger charge is -2.05. The molecule has 0 radical (unpaired) electrons. The van der Waals surface area contributed by atoms with E-state index in [0.717, 1.165) is 11.3 Å². The lowest BCUT2D eigenvalue weighted by molar-refractivity contribution is -0.114. The molecule has 5 nitrogen and oxygen atoms in total. The molecule has 0 aliphatic heterocycles. The van der Waals surface area contributed by atoms with Gasteiger partial charge in [-0.1, -0.05) is 15.9 Å². The van der Waals surface area contributed by atoms with Crippen LogP contribution in [-0.2, 0) is 4.79 Å². The van der Waals surface area contributed by atoms with E-state index in [9.17, 15) is 18.4 Å². The molecule has 0 atom stereocenters. The minimum Gasteiger partial charge on any atom is -0.326 e. The predicted octanol–water partition coefficient (Wildman–Crippen LogP) is 5.06. The lowest BCUT2D eigenvalue weighted by Crippen LogP contribution is -2.13. The lowest BCUT2D eigenvalue weighted by atomic mass is 10.1. The van der Waals surface area contributed by atoms with Crippen molar-refractivity contribution in [3.8, 4) is 11.3 Å². The van der Waals surface area contributed by atoms with Gasteiger partial charge in [0.1, 0.15) is 11.6 Å². The van der Waals surface area contributed by atoms with Crippen molar-refractivity contribution in [2.45, 2.75) is 6.92 Å². The van der Waals surface area contributed by atoms with E-state index in [1.165, 1.54) is 31.2 Å². The second-order valence-electron chi connectivity index (χ2n) is 5.49. The maximum atomic E-state index is 14.3. The quantitative estimate of drug-likeness (QED) is 0.582. The van der Waals surface area contributed by atoms with Gasteiger partial charge in [0.05, 0.1) is 11.3 Å². The Hall–Kier alpha value is -2.65. The number of hydrogen-bond acceptors (Lipinski definition) is 4. The van der Waals surface area contributed by atoms with E-state index in [1.807, 2.05) is 0 Å². The third-order valence-electron chi connectivity index (χ3n) is 3.47. The summed E-state index contributed by atoms with van der Waals surface area (Å²) in [6, 6.07) is 8.31. The zero-order valence-electron chi connectivity index (χ0n) is 13.8. The molecule has 138 valence electrons. The summed E-state index contributed by atoms with van der Waals surface area (Å²) in [6.45, 7) is 1.33. The molecule has 0 aliphatic rings. The van der Waals surface area contributed by atoms with Crippen LogP contribution in [0.15, 0.2) is 46.3 Å². The van der Waals surface area contributed by atoms with E-state index in [2.05, 4.69) is 31.5 Å². The molecule has 0 saturated carbocycles. The molecule has 0 fully saturated rings. The maximum absolute atomic E-state index is 14.3. The van der Waals surface area contributed by atoms with Crippen LogP contribution in [-0.4, -0.2) is 16.8 Å². The first-order valence-electron chi connectivity index (χ1n) is 7.63. The number of nitrogens with zero attached hydrogens (tertiary/aromatic N) is 1. The number of carbonyl (C=O) groups is 2. The molecule has 1 aromatic heterocycles. The Morgan fingerprint density at radius 1 is 1.07 bits per heavy atom. The number of amides is 2. The number of carbonyl (C=O) groups excluding carboxylic acids is 2. The van der Waals surface area contributed by atoms with Crippen LogP contribution in [0.25, 0.3) is 11.3 Å². The molecule has 0 aliphatic carbocycles. The Morgan fingerprint density at radius 3 is 2.52 bits per heavy atom. The molecule has 27 heavy (non-hydrogen) atoms. The zero-order chi connectivity index (χ0) is 19.6. The topological polar surface area (TPSA) is 71.1 Å². The maximum Gasteiger partial charge on any atom is 0.260 e. The molecular weight excluding hydrogens is 440 g/mol. The SMILES string of the molecule is CC(=O)Nc1ccc(-c2csc(NC(=O)c3ccc(Br)cc3F)n2)c(F)c1. The number of halogens is 3. The van der Waals surface area contributed by atoms with Crippen LogP contribution in [0.5, 0.6) is 0 Å². The van der Waals surface area contributed by atoms with Gasteiger partial charge < -0.3 is 5.32 Å². The Bertz CT molecular complexity index is 1040. The first-order chi connectivity index (χ1) is 12.8. The van der Waals surface area contributed by atoms with Gasteiger partial charge in [0.15, 0.2) is 5.13 Å². The molecule has 0 saturated heterocycles. The first kappa shape index (κ1) is 19.1. The van der Waals surface area contributed by atoms with Crippen LogP contribution < -0.4 is 10.6 Å². The average molecular weight is 452 g/mol. The fraction of sp³-hybridized carbons (Fsp3) is 0.0556. The number of thiazole rings is 1. The predicted molar refractivity (Wildman–Crippen MR) is 104 cm³/mol. The van der Waals surface area contributed by atoms with Crippen LogP contribution in [0, 0.1) is 11.6 Å². The second kappa shape index (κ2) is 7.93. The smallest absolute Gasteiger partial charge is 0.260 e. The van der Waals surface area contributed by atoms with Crippen LogP contribution >= 0.6 is 27.3 Å². The van der Waals surface area contributed by atoms with Crippen molar-refractivity contribution in [1.82, 2.24) is 4.98 Å². The largest absolute Gasteiger partial charge is 0.326 e. The molecule has 3 rings (SSSR count).